The molecule has 0 aromatic heterocycles. The molecule has 5 nitrogen and oxygen atoms in total. The van der Waals surface area contributed by atoms with E-state index in [2.05, 4.69) is 29.6 Å². The molecule has 4 rings (SSSR count). The predicted octanol–water partition coefficient (Wildman–Crippen LogP) is 3.08. The number of amides is 1. The molecule has 1 aliphatic heterocycles. The lowest BCUT2D eigenvalue weighted by molar-refractivity contribution is 0.0950. The first-order valence-electron chi connectivity index (χ1n) is 9.51. The average Bonchev–Trinajstić information content (AvgIpc) is 3.05. The molecule has 142 valence electrons. The molecule has 0 spiro atoms. The molecule has 0 saturated carbocycles. The molecule has 1 unspecified atom stereocenters. The highest BCUT2D eigenvalue weighted by atomic mass is 32.2. The van der Waals surface area contributed by atoms with Gasteiger partial charge in [-0.1, -0.05) is 24.3 Å². The van der Waals surface area contributed by atoms with Gasteiger partial charge in [-0.25, -0.2) is 8.42 Å². The normalized spacial score (nSPS) is 20.9. The lowest BCUT2D eigenvalue weighted by Gasteiger charge is -2.25. The van der Waals surface area contributed by atoms with Crippen LogP contribution in [0.4, 0.5) is 5.69 Å². The second-order valence-corrected chi connectivity index (χ2v) is 9.30. The van der Waals surface area contributed by atoms with Crippen LogP contribution in [0.25, 0.3) is 0 Å². The van der Waals surface area contributed by atoms with Crippen molar-refractivity contribution in [3.8, 4) is 0 Å². The van der Waals surface area contributed by atoms with Crippen molar-refractivity contribution >= 4 is 21.6 Å². The first-order valence-corrected chi connectivity index (χ1v) is 11.1. The molecule has 27 heavy (non-hydrogen) atoms. The van der Waals surface area contributed by atoms with Gasteiger partial charge < -0.3 is 5.32 Å². The maximum absolute atomic E-state index is 12.5. The van der Waals surface area contributed by atoms with Crippen molar-refractivity contribution in [1.29, 1.82) is 0 Å². The summed E-state index contributed by atoms with van der Waals surface area (Å²) in [5, 5.41) is 3.04. The number of sulfonamides is 1. The number of carbonyl (C=O) groups excluding carboxylic acids is 1. The van der Waals surface area contributed by atoms with Gasteiger partial charge >= 0.3 is 0 Å². The Morgan fingerprint density at radius 3 is 2.59 bits per heavy atom. The fourth-order valence-corrected chi connectivity index (χ4v) is 5.66. The van der Waals surface area contributed by atoms with Gasteiger partial charge in [0.15, 0.2) is 0 Å². The van der Waals surface area contributed by atoms with E-state index >= 15 is 0 Å². The van der Waals surface area contributed by atoms with Crippen LogP contribution < -0.4 is 9.62 Å². The summed E-state index contributed by atoms with van der Waals surface area (Å²) < 4.78 is 25.4. The zero-order chi connectivity index (χ0) is 18.9. The smallest absolute Gasteiger partial charge is 0.251 e. The van der Waals surface area contributed by atoms with Crippen LogP contribution in [-0.4, -0.2) is 33.2 Å². The van der Waals surface area contributed by atoms with Crippen LogP contribution in [0.15, 0.2) is 48.5 Å². The molecule has 1 amide bonds. The number of anilines is 1. The van der Waals surface area contributed by atoms with Gasteiger partial charge in [0.1, 0.15) is 0 Å². The number of fused-ring (bicyclic) bond motifs is 1. The predicted molar refractivity (Wildman–Crippen MR) is 107 cm³/mol. The van der Waals surface area contributed by atoms with E-state index in [4.69, 9.17) is 0 Å². The van der Waals surface area contributed by atoms with Crippen LogP contribution in [0, 0.1) is 0 Å². The standard InChI is InChI=1S/C21H24N2O3S/c24-21(22-15-18-7-3-6-16-5-1-2-8-20(16)18)17-9-11-19(12-10-17)23-13-4-14-27(23,25)26/h1-2,5,8-12,18H,3-4,6-7,13-15H2,(H,22,24). The maximum atomic E-state index is 12.5. The molecule has 6 heteroatoms. The molecule has 1 fully saturated rings. The Morgan fingerprint density at radius 1 is 1.07 bits per heavy atom. The molecule has 0 bridgehead atoms. The van der Waals surface area contributed by atoms with Crippen molar-refractivity contribution < 1.29 is 13.2 Å². The Morgan fingerprint density at radius 2 is 1.85 bits per heavy atom. The van der Waals surface area contributed by atoms with E-state index in [0.29, 0.717) is 36.7 Å². The minimum Gasteiger partial charge on any atom is -0.351 e. The molecule has 1 aliphatic carbocycles. The molecule has 2 aromatic carbocycles. The van der Waals surface area contributed by atoms with Crippen molar-refractivity contribution in [1.82, 2.24) is 5.32 Å². The minimum absolute atomic E-state index is 0.117. The lowest BCUT2D eigenvalue weighted by Crippen LogP contribution is -2.30. The Labute approximate surface area is 160 Å². The highest BCUT2D eigenvalue weighted by Gasteiger charge is 2.28. The SMILES string of the molecule is O=C(NCC1CCCc2ccccc21)c1ccc(N2CCCS2(=O)=O)cc1. The number of hydrogen-bond donors (Lipinski definition) is 1. The first kappa shape index (κ1) is 18.0. The van der Waals surface area contributed by atoms with Gasteiger partial charge in [-0.2, -0.15) is 0 Å². The van der Waals surface area contributed by atoms with E-state index in [1.165, 1.54) is 15.4 Å². The lowest BCUT2D eigenvalue weighted by atomic mass is 9.83. The number of nitrogens with one attached hydrogen (secondary N) is 1. The zero-order valence-corrected chi connectivity index (χ0v) is 16.0. The largest absolute Gasteiger partial charge is 0.351 e. The van der Waals surface area contributed by atoms with Gasteiger partial charge in [0.25, 0.3) is 5.91 Å². The number of benzene rings is 2. The van der Waals surface area contributed by atoms with Gasteiger partial charge in [0.05, 0.1) is 11.4 Å². The first-order chi connectivity index (χ1) is 13.0. The van der Waals surface area contributed by atoms with Crippen molar-refractivity contribution in [2.24, 2.45) is 0 Å². The van der Waals surface area contributed by atoms with Crippen molar-refractivity contribution in [3.05, 3.63) is 65.2 Å². The maximum Gasteiger partial charge on any atom is 0.251 e. The Kier molecular flexibility index (Phi) is 4.91. The van der Waals surface area contributed by atoms with Crippen molar-refractivity contribution in [2.45, 2.75) is 31.6 Å². The second-order valence-electron chi connectivity index (χ2n) is 7.29. The minimum atomic E-state index is -3.19. The van der Waals surface area contributed by atoms with E-state index in [9.17, 15) is 13.2 Å². The monoisotopic (exact) mass is 384 g/mol. The number of nitrogens with zero attached hydrogens (tertiary/aromatic N) is 1. The van der Waals surface area contributed by atoms with E-state index in [1.807, 2.05) is 0 Å². The number of aryl methyl sites for hydroxylation is 1. The van der Waals surface area contributed by atoms with Gasteiger partial charge in [-0.15, -0.1) is 0 Å². The third-order valence-electron chi connectivity index (χ3n) is 5.52. The Hall–Kier alpha value is -2.34. The van der Waals surface area contributed by atoms with Crippen molar-refractivity contribution in [2.75, 3.05) is 23.1 Å². The van der Waals surface area contributed by atoms with Gasteiger partial charge in [0.2, 0.25) is 10.0 Å². The van der Waals surface area contributed by atoms with Crippen LogP contribution in [0.3, 0.4) is 0 Å². The van der Waals surface area contributed by atoms with E-state index < -0.39 is 10.0 Å². The van der Waals surface area contributed by atoms with Crippen LogP contribution in [0.1, 0.15) is 46.7 Å². The molecule has 1 heterocycles. The third-order valence-corrected chi connectivity index (χ3v) is 7.39. The zero-order valence-electron chi connectivity index (χ0n) is 15.2. The third kappa shape index (κ3) is 3.72. The highest BCUT2D eigenvalue weighted by Crippen LogP contribution is 2.31. The topological polar surface area (TPSA) is 66.5 Å². The Bertz CT molecular complexity index is 938. The second kappa shape index (κ2) is 7.35. The Balaban J connectivity index is 1.41. The molecule has 2 aromatic rings. The van der Waals surface area contributed by atoms with Gasteiger partial charge in [-0.05, 0) is 61.1 Å². The van der Waals surface area contributed by atoms with E-state index in [-0.39, 0.29) is 11.7 Å². The summed E-state index contributed by atoms with van der Waals surface area (Å²) in [6, 6.07) is 15.3. The van der Waals surface area contributed by atoms with E-state index in [1.54, 1.807) is 24.3 Å². The fourth-order valence-electron chi connectivity index (χ4n) is 4.09. The molecule has 1 saturated heterocycles. The van der Waals surface area contributed by atoms with Crippen LogP contribution in [0.5, 0.6) is 0 Å². The van der Waals surface area contributed by atoms with E-state index in [0.717, 1.165) is 19.3 Å². The molecular formula is C21H24N2O3S. The van der Waals surface area contributed by atoms with Crippen molar-refractivity contribution in [3.63, 3.8) is 0 Å². The van der Waals surface area contributed by atoms with Gasteiger partial charge in [0, 0.05) is 24.6 Å². The summed E-state index contributed by atoms with van der Waals surface area (Å²) in [7, 11) is -3.19. The fraction of sp³-hybridized carbons (Fsp3) is 0.381. The van der Waals surface area contributed by atoms with Crippen LogP contribution >= 0.6 is 0 Å². The summed E-state index contributed by atoms with van der Waals surface area (Å²) in [5.41, 5.74) is 3.92. The molecule has 1 N–H and O–H groups in total. The average molecular weight is 385 g/mol. The quantitative estimate of drug-likeness (QED) is 0.881. The molecule has 2 aliphatic rings. The van der Waals surface area contributed by atoms with Gasteiger partial charge in [-0.3, -0.25) is 9.10 Å². The number of hydrogen-bond acceptors (Lipinski definition) is 3. The molecular weight excluding hydrogens is 360 g/mol. The van der Waals surface area contributed by atoms with Crippen LogP contribution in [-0.2, 0) is 16.4 Å². The molecule has 0 radical (unpaired) electrons. The molecule has 1 atom stereocenters. The summed E-state index contributed by atoms with van der Waals surface area (Å²) in [5.74, 6) is 0.430. The summed E-state index contributed by atoms with van der Waals surface area (Å²) in [6.45, 7) is 1.13. The summed E-state index contributed by atoms with van der Waals surface area (Å²) >= 11 is 0. The summed E-state index contributed by atoms with van der Waals surface area (Å²) in [4.78, 5) is 12.5. The number of carbonyl (C=O) groups is 1. The van der Waals surface area contributed by atoms with Crippen LogP contribution in [0.2, 0.25) is 0 Å². The summed E-state index contributed by atoms with van der Waals surface area (Å²) in [6.07, 6.45) is 3.99. The number of rotatable bonds is 4. The highest BCUT2D eigenvalue weighted by molar-refractivity contribution is 7.93.